The quantitative estimate of drug-likeness (QED) is 0.634. The van der Waals surface area contributed by atoms with Crippen molar-refractivity contribution >= 4 is 11.4 Å². The third kappa shape index (κ3) is 3.01. The van der Waals surface area contributed by atoms with Crippen LogP contribution in [-0.2, 0) is 12.8 Å². The van der Waals surface area contributed by atoms with E-state index in [1.54, 1.807) is 14.1 Å². The summed E-state index contributed by atoms with van der Waals surface area (Å²) in [5.41, 5.74) is 5.21. The number of hydroxylamine groups is 3. The van der Waals surface area contributed by atoms with Crippen molar-refractivity contribution in [1.82, 2.24) is 0 Å². The number of anilines is 2. The molecule has 2 aromatic rings. The zero-order valence-corrected chi connectivity index (χ0v) is 13.6. The highest BCUT2D eigenvalue weighted by atomic mass is 16.5. The molecule has 1 unspecified atom stereocenters. The normalized spacial score (nSPS) is 15.7. The molecule has 0 aromatic heterocycles. The van der Waals surface area contributed by atoms with E-state index >= 15 is 0 Å². The Morgan fingerprint density at radius 3 is 1.86 bits per heavy atom. The van der Waals surface area contributed by atoms with E-state index in [1.165, 1.54) is 22.5 Å². The van der Waals surface area contributed by atoms with E-state index in [-0.39, 0.29) is 10.7 Å². The maximum absolute atomic E-state index is 12.2. The highest BCUT2D eigenvalue weighted by molar-refractivity contribution is 5.71. The van der Waals surface area contributed by atoms with Crippen LogP contribution in [0.25, 0.3) is 0 Å². The lowest BCUT2D eigenvalue weighted by Crippen LogP contribution is -2.45. The highest BCUT2D eigenvalue weighted by Gasteiger charge is 2.26. The Labute approximate surface area is 133 Å². The molecule has 0 N–H and O–H groups in total. The van der Waals surface area contributed by atoms with Gasteiger partial charge >= 0.3 is 0 Å². The summed E-state index contributed by atoms with van der Waals surface area (Å²) in [6.45, 7) is 2.71. The number of hydrogen-bond donors (Lipinski definition) is 0. The van der Waals surface area contributed by atoms with Crippen molar-refractivity contribution in [3.05, 3.63) is 64.9 Å². The molecule has 1 heterocycles. The summed E-state index contributed by atoms with van der Waals surface area (Å²) in [7, 11) is 3.43. The molecule has 0 spiro atoms. The van der Waals surface area contributed by atoms with Gasteiger partial charge < -0.3 is 14.8 Å². The molecule has 0 saturated carbocycles. The van der Waals surface area contributed by atoms with Gasteiger partial charge in [-0.15, -0.1) is 0 Å². The highest BCUT2D eigenvalue weighted by Crippen LogP contribution is 2.37. The lowest BCUT2D eigenvalue weighted by Gasteiger charge is -2.41. The maximum atomic E-state index is 12.2. The largest absolute Gasteiger partial charge is 0.633 e. The standard InChI is InChI=1S/C19H24N2O/c1-15(14-21(2,3)22)20-18-10-6-4-8-16(18)12-13-17-9-5-7-11-19(17)20/h4-11,15H,12-14H2,1-3H3. The van der Waals surface area contributed by atoms with Crippen LogP contribution in [-0.4, -0.2) is 31.3 Å². The molecule has 3 rings (SSSR count). The zero-order valence-electron chi connectivity index (χ0n) is 13.6. The minimum Gasteiger partial charge on any atom is -0.633 e. The molecule has 0 saturated heterocycles. The molecule has 0 radical (unpaired) electrons. The van der Waals surface area contributed by atoms with Crippen LogP contribution in [0, 0.1) is 5.21 Å². The van der Waals surface area contributed by atoms with Crippen molar-refractivity contribution in [2.75, 3.05) is 25.5 Å². The Morgan fingerprint density at radius 1 is 0.955 bits per heavy atom. The summed E-state index contributed by atoms with van der Waals surface area (Å²) in [4.78, 5) is 2.36. The van der Waals surface area contributed by atoms with Gasteiger partial charge in [-0.1, -0.05) is 36.4 Å². The SMILES string of the molecule is CC(C[N+](C)(C)[O-])N1c2ccccc2CCc2ccccc21. The molecule has 2 aromatic carbocycles. The van der Waals surface area contributed by atoms with Gasteiger partial charge in [0.25, 0.3) is 0 Å². The summed E-state index contributed by atoms with van der Waals surface area (Å²) >= 11 is 0. The van der Waals surface area contributed by atoms with Gasteiger partial charge in [-0.25, -0.2) is 0 Å². The van der Waals surface area contributed by atoms with Crippen LogP contribution in [0.15, 0.2) is 48.5 Å². The Morgan fingerprint density at radius 2 is 1.41 bits per heavy atom. The van der Waals surface area contributed by atoms with E-state index < -0.39 is 0 Å². The molecule has 0 bridgehead atoms. The number of fused-ring (bicyclic) bond motifs is 2. The van der Waals surface area contributed by atoms with Gasteiger partial charge in [0, 0.05) is 11.4 Å². The molecule has 3 nitrogen and oxygen atoms in total. The fourth-order valence-electron chi connectivity index (χ4n) is 3.51. The summed E-state index contributed by atoms with van der Waals surface area (Å²) in [6, 6.07) is 17.3. The van der Waals surface area contributed by atoms with Crippen molar-refractivity contribution in [2.45, 2.75) is 25.8 Å². The number of likely N-dealkylation sites (N-methyl/N-ethyl adjacent to an activating group) is 1. The van der Waals surface area contributed by atoms with Gasteiger partial charge in [0.1, 0.15) is 0 Å². The van der Waals surface area contributed by atoms with E-state index in [9.17, 15) is 5.21 Å². The summed E-state index contributed by atoms with van der Waals surface area (Å²) in [5.74, 6) is 0. The molecule has 1 atom stereocenters. The second-order valence-electron chi connectivity index (χ2n) is 6.73. The van der Waals surface area contributed by atoms with Crippen LogP contribution in [0.4, 0.5) is 11.4 Å². The fraction of sp³-hybridized carbons (Fsp3) is 0.368. The maximum Gasteiger partial charge on any atom is 0.0988 e. The number of quaternary nitrogens is 1. The first kappa shape index (κ1) is 15.1. The minimum atomic E-state index is -0.276. The van der Waals surface area contributed by atoms with Gasteiger partial charge in [-0.3, -0.25) is 0 Å². The lowest BCUT2D eigenvalue weighted by atomic mass is 10.0. The molecule has 0 aliphatic carbocycles. The van der Waals surface area contributed by atoms with Crippen molar-refractivity contribution < 1.29 is 4.65 Å². The third-order valence-corrected chi connectivity index (χ3v) is 4.31. The van der Waals surface area contributed by atoms with Crippen LogP contribution in [0.1, 0.15) is 18.1 Å². The zero-order chi connectivity index (χ0) is 15.7. The van der Waals surface area contributed by atoms with E-state index in [2.05, 4.69) is 60.4 Å². The molecule has 3 heteroatoms. The van der Waals surface area contributed by atoms with Gasteiger partial charge in [0.15, 0.2) is 0 Å². The van der Waals surface area contributed by atoms with Crippen molar-refractivity contribution in [3.8, 4) is 0 Å². The van der Waals surface area contributed by atoms with Crippen LogP contribution >= 0.6 is 0 Å². The predicted molar refractivity (Wildman–Crippen MR) is 92.2 cm³/mol. The van der Waals surface area contributed by atoms with Crippen molar-refractivity contribution in [2.24, 2.45) is 0 Å². The fourth-order valence-corrected chi connectivity index (χ4v) is 3.51. The van der Waals surface area contributed by atoms with E-state index in [4.69, 9.17) is 0 Å². The van der Waals surface area contributed by atoms with Gasteiger partial charge in [-0.05, 0) is 43.0 Å². The average Bonchev–Trinajstić information content (AvgIpc) is 2.62. The molecule has 22 heavy (non-hydrogen) atoms. The number of nitrogens with zero attached hydrogens (tertiary/aromatic N) is 2. The number of aryl methyl sites for hydroxylation is 2. The first-order chi connectivity index (χ1) is 10.5. The molecule has 1 aliphatic heterocycles. The van der Waals surface area contributed by atoms with E-state index in [0.717, 1.165) is 12.8 Å². The van der Waals surface area contributed by atoms with E-state index in [1.807, 2.05) is 0 Å². The Hall–Kier alpha value is -1.84. The van der Waals surface area contributed by atoms with Gasteiger partial charge in [0.05, 0.1) is 26.7 Å². The Kier molecular flexibility index (Phi) is 3.94. The number of para-hydroxylation sites is 2. The van der Waals surface area contributed by atoms with Crippen LogP contribution in [0.2, 0.25) is 0 Å². The lowest BCUT2D eigenvalue weighted by molar-refractivity contribution is -0.840. The molecular formula is C19H24N2O. The first-order valence-electron chi connectivity index (χ1n) is 7.95. The third-order valence-electron chi connectivity index (χ3n) is 4.31. The second kappa shape index (κ2) is 5.75. The average molecular weight is 296 g/mol. The molecule has 0 amide bonds. The van der Waals surface area contributed by atoms with Gasteiger partial charge in [0.2, 0.25) is 0 Å². The molecule has 0 fully saturated rings. The first-order valence-corrected chi connectivity index (χ1v) is 7.95. The van der Waals surface area contributed by atoms with Crippen molar-refractivity contribution in [1.29, 1.82) is 0 Å². The Balaban J connectivity index is 2.10. The molecule has 1 aliphatic rings. The number of hydrogen-bond acceptors (Lipinski definition) is 2. The van der Waals surface area contributed by atoms with Crippen LogP contribution in [0.3, 0.4) is 0 Å². The molecule has 116 valence electrons. The topological polar surface area (TPSA) is 26.3 Å². The van der Waals surface area contributed by atoms with Crippen molar-refractivity contribution in [3.63, 3.8) is 0 Å². The summed E-state index contributed by atoms with van der Waals surface area (Å²) in [6.07, 6.45) is 2.10. The summed E-state index contributed by atoms with van der Waals surface area (Å²) < 4.78 is -0.276. The smallest absolute Gasteiger partial charge is 0.0988 e. The Bertz CT molecular complexity index is 613. The molecular weight excluding hydrogens is 272 g/mol. The van der Waals surface area contributed by atoms with Crippen LogP contribution < -0.4 is 4.90 Å². The minimum absolute atomic E-state index is 0.146. The summed E-state index contributed by atoms with van der Waals surface area (Å²) in [5, 5.41) is 12.2. The predicted octanol–water partition coefficient (Wildman–Crippen LogP) is 3.89. The van der Waals surface area contributed by atoms with Gasteiger partial charge in [-0.2, -0.15) is 0 Å². The number of benzene rings is 2. The number of rotatable bonds is 3. The van der Waals surface area contributed by atoms with Crippen LogP contribution in [0.5, 0.6) is 0 Å². The monoisotopic (exact) mass is 296 g/mol. The van der Waals surface area contributed by atoms with E-state index in [0.29, 0.717) is 6.54 Å². The second-order valence-corrected chi connectivity index (χ2v) is 6.73.